The molecule has 9 heteroatoms. The number of hydrogen-bond donors (Lipinski definition) is 2. The van der Waals surface area contributed by atoms with E-state index in [1.54, 1.807) is 0 Å². The molecule has 1 aliphatic rings. The molecule has 0 aromatic carbocycles. The van der Waals surface area contributed by atoms with Crippen molar-refractivity contribution in [2.75, 3.05) is 25.5 Å². The van der Waals surface area contributed by atoms with Crippen molar-refractivity contribution in [2.45, 2.75) is 51.4 Å². The Kier molecular flexibility index (Phi) is 9.61. The lowest BCUT2D eigenvalue weighted by atomic mass is 9.85. The van der Waals surface area contributed by atoms with Crippen LogP contribution in [0.2, 0.25) is 0 Å². The van der Waals surface area contributed by atoms with Gasteiger partial charge in [0, 0.05) is 26.7 Å². The van der Waals surface area contributed by atoms with E-state index in [9.17, 15) is 13.2 Å². The van der Waals surface area contributed by atoms with Gasteiger partial charge in [0.15, 0.2) is 5.96 Å². The maximum absolute atomic E-state index is 12.8. The smallest absolute Gasteiger partial charge is 0.363 e. The first-order valence-electron chi connectivity index (χ1n) is 9.04. The normalized spacial score (nSPS) is 20.6. The third-order valence-corrected chi connectivity index (χ3v) is 4.52. The largest absolute Gasteiger partial charge is 0.391 e. The number of nitrogens with one attached hydrogen (secondary N) is 2. The SMILES string of the molecule is CCNC(=NCc1cccc(N(C)C)n1)NC1CCC(C(F)(F)F)CC1.I. The molecular weight excluding hydrogens is 470 g/mol. The van der Waals surface area contributed by atoms with E-state index in [1.165, 1.54) is 0 Å². The highest BCUT2D eigenvalue weighted by molar-refractivity contribution is 14.0. The molecule has 0 saturated heterocycles. The zero-order valence-electron chi connectivity index (χ0n) is 16.0. The topological polar surface area (TPSA) is 52.6 Å². The van der Waals surface area contributed by atoms with Crippen LogP contribution in [0.25, 0.3) is 0 Å². The minimum Gasteiger partial charge on any atom is -0.363 e. The maximum atomic E-state index is 12.8. The monoisotopic (exact) mass is 499 g/mol. The van der Waals surface area contributed by atoms with Gasteiger partial charge in [-0.25, -0.2) is 9.98 Å². The molecule has 0 spiro atoms. The molecule has 2 N–H and O–H groups in total. The van der Waals surface area contributed by atoms with Crippen LogP contribution in [-0.4, -0.2) is 43.8 Å². The number of aromatic nitrogens is 1. The quantitative estimate of drug-likeness (QED) is 0.366. The number of rotatable bonds is 5. The van der Waals surface area contributed by atoms with Crippen LogP contribution in [0.4, 0.5) is 19.0 Å². The second-order valence-corrected chi connectivity index (χ2v) is 6.81. The number of hydrogen-bond acceptors (Lipinski definition) is 3. The lowest BCUT2D eigenvalue weighted by Gasteiger charge is -2.31. The molecule has 0 radical (unpaired) electrons. The van der Waals surface area contributed by atoms with Gasteiger partial charge < -0.3 is 15.5 Å². The summed E-state index contributed by atoms with van der Waals surface area (Å²) in [7, 11) is 3.86. The third kappa shape index (κ3) is 7.71. The lowest BCUT2D eigenvalue weighted by molar-refractivity contribution is -0.182. The molecule has 5 nitrogen and oxygen atoms in total. The fourth-order valence-electron chi connectivity index (χ4n) is 3.04. The Bertz CT molecular complexity index is 599. The summed E-state index contributed by atoms with van der Waals surface area (Å²) in [5.74, 6) is 0.319. The van der Waals surface area contributed by atoms with E-state index < -0.39 is 12.1 Å². The molecule has 27 heavy (non-hydrogen) atoms. The zero-order valence-corrected chi connectivity index (χ0v) is 18.3. The van der Waals surface area contributed by atoms with E-state index in [1.807, 2.05) is 44.1 Å². The number of nitrogens with zero attached hydrogens (tertiary/aromatic N) is 3. The van der Waals surface area contributed by atoms with Gasteiger partial charge in [0.05, 0.1) is 18.2 Å². The second-order valence-electron chi connectivity index (χ2n) is 6.81. The van der Waals surface area contributed by atoms with Crippen molar-refractivity contribution >= 4 is 35.8 Å². The predicted molar refractivity (Wildman–Crippen MR) is 114 cm³/mol. The number of alkyl halides is 3. The molecule has 0 bridgehead atoms. The number of anilines is 1. The lowest BCUT2D eigenvalue weighted by Crippen LogP contribution is -2.45. The van der Waals surface area contributed by atoms with Crippen LogP contribution in [-0.2, 0) is 6.54 Å². The Labute approximate surface area is 176 Å². The number of halogens is 4. The van der Waals surface area contributed by atoms with Gasteiger partial charge in [0.1, 0.15) is 5.82 Å². The maximum Gasteiger partial charge on any atom is 0.391 e. The van der Waals surface area contributed by atoms with Gasteiger partial charge in [0.2, 0.25) is 0 Å². The Morgan fingerprint density at radius 1 is 1.22 bits per heavy atom. The first-order chi connectivity index (χ1) is 12.3. The standard InChI is InChI=1S/C18H28F3N5.HI/c1-4-22-17(23-12-15-6-5-7-16(24-15)26(2)3)25-14-10-8-13(9-11-14)18(19,20)21;/h5-7,13-14H,4,8-12H2,1-3H3,(H2,22,23,25);1H. The van der Waals surface area contributed by atoms with Crippen molar-refractivity contribution < 1.29 is 13.2 Å². The van der Waals surface area contributed by atoms with Crippen LogP contribution < -0.4 is 15.5 Å². The molecule has 0 atom stereocenters. The van der Waals surface area contributed by atoms with Gasteiger partial charge >= 0.3 is 6.18 Å². The fraction of sp³-hybridized carbons (Fsp3) is 0.667. The highest BCUT2D eigenvalue weighted by atomic mass is 127. The molecule has 0 amide bonds. The first-order valence-corrected chi connectivity index (χ1v) is 9.04. The van der Waals surface area contributed by atoms with Crippen molar-refractivity contribution in [1.82, 2.24) is 15.6 Å². The molecule has 1 aromatic rings. The van der Waals surface area contributed by atoms with Crippen LogP contribution >= 0.6 is 24.0 Å². The molecule has 2 rings (SSSR count). The van der Waals surface area contributed by atoms with E-state index in [-0.39, 0.29) is 42.9 Å². The predicted octanol–water partition coefficient (Wildman–Crippen LogP) is 3.94. The second kappa shape index (κ2) is 10.9. The van der Waals surface area contributed by atoms with Crippen molar-refractivity contribution in [1.29, 1.82) is 0 Å². The van der Waals surface area contributed by atoms with Crippen LogP contribution in [0.1, 0.15) is 38.3 Å². The van der Waals surface area contributed by atoms with Gasteiger partial charge in [0.25, 0.3) is 0 Å². The van der Waals surface area contributed by atoms with Crippen molar-refractivity contribution in [3.05, 3.63) is 23.9 Å². The van der Waals surface area contributed by atoms with Gasteiger partial charge in [-0.05, 0) is 44.7 Å². The third-order valence-electron chi connectivity index (χ3n) is 4.52. The van der Waals surface area contributed by atoms with E-state index in [2.05, 4.69) is 20.6 Å². The van der Waals surface area contributed by atoms with E-state index in [0.29, 0.717) is 31.9 Å². The summed E-state index contributed by atoms with van der Waals surface area (Å²) in [6, 6.07) is 5.79. The number of aliphatic imine (C=N–C) groups is 1. The average Bonchev–Trinajstić information content (AvgIpc) is 2.60. The summed E-state index contributed by atoms with van der Waals surface area (Å²) in [4.78, 5) is 11.0. The highest BCUT2D eigenvalue weighted by Crippen LogP contribution is 2.37. The summed E-state index contributed by atoms with van der Waals surface area (Å²) in [5, 5.41) is 6.43. The summed E-state index contributed by atoms with van der Waals surface area (Å²) in [6.07, 6.45) is -2.72. The summed E-state index contributed by atoms with van der Waals surface area (Å²) < 4.78 is 38.3. The number of guanidine groups is 1. The van der Waals surface area contributed by atoms with Crippen molar-refractivity contribution in [3.63, 3.8) is 0 Å². The number of pyridine rings is 1. The molecule has 154 valence electrons. The van der Waals surface area contributed by atoms with Gasteiger partial charge in [-0.3, -0.25) is 0 Å². The van der Waals surface area contributed by atoms with E-state index in [0.717, 1.165) is 11.5 Å². The minimum absolute atomic E-state index is 0. The van der Waals surface area contributed by atoms with Gasteiger partial charge in [-0.1, -0.05) is 6.07 Å². The minimum atomic E-state index is -4.08. The van der Waals surface area contributed by atoms with Crippen LogP contribution in [0.15, 0.2) is 23.2 Å². The summed E-state index contributed by atoms with van der Waals surface area (Å²) in [5.41, 5.74) is 0.842. The molecule has 0 unspecified atom stereocenters. The van der Waals surface area contributed by atoms with E-state index in [4.69, 9.17) is 0 Å². The van der Waals surface area contributed by atoms with E-state index >= 15 is 0 Å². The Morgan fingerprint density at radius 2 is 1.89 bits per heavy atom. The molecule has 1 aromatic heterocycles. The molecule has 1 aliphatic carbocycles. The molecule has 0 aliphatic heterocycles. The zero-order chi connectivity index (χ0) is 19.2. The summed E-state index contributed by atoms with van der Waals surface area (Å²) >= 11 is 0. The Morgan fingerprint density at radius 3 is 2.44 bits per heavy atom. The molecule has 1 saturated carbocycles. The van der Waals surface area contributed by atoms with Crippen molar-refractivity contribution in [3.8, 4) is 0 Å². The van der Waals surface area contributed by atoms with Gasteiger partial charge in [-0.2, -0.15) is 13.2 Å². The Hall–Kier alpha value is -1.26. The molecule has 1 fully saturated rings. The Balaban J connectivity index is 0.00000364. The van der Waals surface area contributed by atoms with Crippen LogP contribution in [0.5, 0.6) is 0 Å². The first kappa shape index (κ1) is 23.8. The molecule has 1 heterocycles. The fourth-order valence-corrected chi connectivity index (χ4v) is 3.04. The van der Waals surface area contributed by atoms with Crippen LogP contribution in [0, 0.1) is 5.92 Å². The van der Waals surface area contributed by atoms with Crippen molar-refractivity contribution in [2.24, 2.45) is 10.9 Å². The van der Waals surface area contributed by atoms with Gasteiger partial charge in [-0.15, -0.1) is 24.0 Å². The van der Waals surface area contributed by atoms with Crippen LogP contribution in [0.3, 0.4) is 0 Å². The summed E-state index contributed by atoms with van der Waals surface area (Å²) in [6.45, 7) is 3.06. The average molecular weight is 499 g/mol. The molecular formula is C18H29F3IN5. The highest BCUT2D eigenvalue weighted by Gasteiger charge is 2.41.